The first-order valence-corrected chi connectivity index (χ1v) is 4.43. The maximum Gasteiger partial charge on any atom is 0.166 e. The fraction of sp³-hybridized carbons (Fsp3) is 0.273. The van der Waals surface area contributed by atoms with Crippen molar-refractivity contribution in [2.24, 2.45) is 0 Å². The lowest BCUT2D eigenvalue weighted by molar-refractivity contribution is 0.136. The zero-order chi connectivity index (χ0) is 9.97. The zero-order valence-corrected chi connectivity index (χ0v) is 7.59. The Bertz CT molecular complexity index is 379. The topological polar surface area (TPSA) is 21.3 Å². The van der Waals surface area contributed by atoms with Crippen LogP contribution in [0.4, 0.5) is 4.39 Å². The van der Waals surface area contributed by atoms with Crippen LogP contribution < -0.4 is 10.1 Å². The van der Waals surface area contributed by atoms with Crippen molar-refractivity contribution < 1.29 is 9.13 Å². The molecule has 0 aliphatic carbocycles. The normalized spacial score (nSPS) is 15.7. The molecule has 1 aliphatic rings. The second-order valence-corrected chi connectivity index (χ2v) is 3.19. The molecule has 0 saturated carbocycles. The maximum atomic E-state index is 13.3. The van der Waals surface area contributed by atoms with E-state index in [9.17, 15) is 4.39 Å². The lowest BCUT2D eigenvalue weighted by Gasteiger charge is -2.27. The first-order valence-electron chi connectivity index (χ1n) is 4.43. The number of hydrogen-bond donors (Lipinski definition) is 1. The molecule has 2 nitrogen and oxygen atoms in total. The SMILES string of the molecule is C#Cc1ccc(OC2CNC2)c(F)c1. The van der Waals surface area contributed by atoms with E-state index in [4.69, 9.17) is 11.2 Å². The summed E-state index contributed by atoms with van der Waals surface area (Å²) < 4.78 is 18.7. The van der Waals surface area contributed by atoms with Crippen LogP contribution in [0.3, 0.4) is 0 Å². The highest BCUT2D eigenvalue weighted by molar-refractivity contribution is 5.38. The van der Waals surface area contributed by atoms with Gasteiger partial charge in [-0.2, -0.15) is 0 Å². The fourth-order valence-electron chi connectivity index (χ4n) is 1.21. The van der Waals surface area contributed by atoms with E-state index in [1.165, 1.54) is 6.07 Å². The van der Waals surface area contributed by atoms with Gasteiger partial charge in [0, 0.05) is 18.7 Å². The first-order chi connectivity index (χ1) is 6.79. The second-order valence-electron chi connectivity index (χ2n) is 3.19. The van der Waals surface area contributed by atoms with Gasteiger partial charge >= 0.3 is 0 Å². The summed E-state index contributed by atoms with van der Waals surface area (Å²) in [7, 11) is 0. The molecule has 0 aromatic heterocycles. The summed E-state index contributed by atoms with van der Waals surface area (Å²) in [6, 6.07) is 4.55. The van der Waals surface area contributed by atoms with E-state index in [0.717, 1.165) is 13.1 Å². The van der Waals surface area contributed by atoms with E-state index in [1.54, 1.807) is 12.1 Å². The summed E-state index contributed by atoms with van der Waals surface area (Å²) in [4.78, 5) is 0. The summed E-state index contributed by atoms with van der Waals surface area (Å²) in [5.41, 5.74) is 0.529. The Hall–Kier alpha value is -1.53. The van der Waals surface area contributed by atoms with Crippen LogP contribution in [0.15, 0.2) is 18.2 Å². The first kappa shape index (κ1) is 9.04. The third kappa shape index (κ3) is 1.70. The quantitative estimate of drug-likeness (QED) is 0.708. The molecule has 3 heteroatoms. The van der Waals surface area contributed by atoms with Crippen molar-refractivity contribution in [2.45, 2.75) is 6.10 Å². The van der Waals surface area contributed by atoms with Crippen LogP contribution in [0.1, 0.15) is 5.56 Å². The number of halogens is 1. The largest absolute Gasteiger partial charge is 0.485 e. The second kappa shape index (κ2) is 3.69. The number of terminal acetylenes is 1. The molecule has 72 valence electrons. The number of benzene rings is 1. The number of hydrogen-bond acceptors (Lipinski definition) is 2. The summed E-state index contributed by atoms with van der Waals surface area (Å²) in [6.45, 7) is 1.55. The van der Waals surface area contributed by atoms with Crippen molar-refractivity contribution in [3.05, 3.63) is 29.6 Å². The minimum atomic E-state index is -0.396. The van der Waals surface area contributed by atoms with Gasteiger partial charge in [0.2, 0.25) is 0 Å². The molecule has 1 heterocycles. The minimum absolute atomic E-state index is 0.0844. The molecule has 1 aromatic carbocycles. The molecule has 1 N–H and O–H groups in total. The number of rotatable bonds is 2. The van der Waals surface area contributed by atoms with Crippen LogP contribution in [0.25, 0.3) is 0 Å². The standard InChI is InChI=1S/C11H10FNO/c1-2-8-3-4-11(10(12)5-8)14-9-6-13-7-9/h1,3-5,9,13H,6-7H2. The summed E-state index contributed by atoms with van der Waals surface area (Å²) in [5.74, 6) is 2.25. The summed E-state index contributed by atoms with van der Waals surface area (Å²) in [6.07, 6.45) is 5.22. The molecule has 0 unspecified atom stereocenters. The molecule has 1 saturated heterocycles. The van der Waals surface area contributed by atoms with Crippen molar-refractivity contribution in [3.8, 4) is 18.1 Å². The average Bonchev–Trinajstić information content (AvgIpc) is 2.13. The molecule has 0 atom stereocenters. The van der Waals surface area contributed by atoms with Crippen molar-refractivity contribution in [3.63, 3.8) is 0 Å². The molecular weight excluding hydrogens is 181 g/mol. The molecule has 14 heavy (non-hydrogen) atoms. The van der Waals surface area contributed by atoms with Crippen LogP contribution in [0.5, 0.6) is 5.75 Å². The highest BCUT2D eigenvalue weighted by Crippen LogP contribution is 2.20. The van der Waals surface area contributed by atoms with Gasteiger partial charge in [-0.05, 0) is 18.2 Å². The molecule has 1 aromatic rings. The smallest absolute Gasteiger partial charge is 0.166 e. The summed E-state index contributed by atoms with van der Waals surface area (Å²) >= 11 is 0. The zero-order valence-electron chi connectivity index (χ0n) is 7.59. The highest BCUT2D eigenvalue weighted by atomic mass is 19.1. The van der Waals surface area contributed by atoms with E-state index >= 15 is 0 Å². The van der Waals surface area contributed by atoms with Crippen LogP contribution >= 0.6 is 0 Å². The van der Waals surface area contributed by atoms with E-state index in [2.05, 4.69) is 11.2 Å². The predicted octanol–water partition coefficient (Wildman–Crippen LogP) is 1.16. The van der Waals surface area contributed by atoms with Gasteiger partial charge < -0.3 is 10.1 Å². The lowest BCUT2D eigenvalue weighted by Crippen LogP contribution is -2.50. The van der Waals surface area contributed by atoms with Crippen molar-refractivity contribution in [1.82, 2.24) is 5.32 Å². The van der Waals surface area contributed by atoms with Crippen molar-refractivity contribution in [1.29, 1.82) is 0 Å². The molecule has 0 radical (unpaired) electrons. The Morgan fingerprint density at radius 2 is 2.29 bits per heavy atom. The van der Waals surface area contributed by atoms with Crippen molar-refractivity contribution in [2.75, 3.05) is 13.1 Å². The van der Waals surface area contributed by atoms with Crippen molar-refractivity contribution >= 4 is 0 Å². The van der Waals surface area contributed by atoms with Crippen LogP contribution in [0, 0.1) is 18.2 Å². The van der Waals surface area contributed by atoms with Crippen LogP contribution in [-0.4, -0.2) is 19.2 Å². The van der Waals surface area contributed by atoms with Crippen LogP contribution in [0.2, 0.25) is 0 Å². The molecule has 1 aliphatic heterocycles. The molecule has 2 rings (SSSR count). The molecule has 1 fully saturated rings. The van der Waals surface area contributed by atoms with Gasteiger partial charge in [0.05, 0.1) is 0 Å². The Morgan fingerprint density at radius 1 is 1.50 bits per heavy atom. The molecular formula is C11H10FNO. The third-order valence-electron chi connectivity index (χ3n) is 2.14. The monoisotopic (exact) mass is 191 g/mol. The van der Waals surface area contributed by atoms with Gasteiger partial charge in [0.15, 0.2) is 11.6 Å². The van der Waals surface area contributed by atoms with E-state index in [-0.39, 0.29) is 11.9 Å². The Balaban J connectivity index is 2.14. The van der Waals surface area contributed by atoms with Gasteiger partial charge in [0.1, 0.15) is 6.10 Å². The third-order valence-corrected chi connectivity index (χ3v) is 2.14. The maximum absolute atomic E-state index is 13.3. The minimum Gasteiger partial charge on any atom is -0.485 e. The van der Waals surface area contributed by atoms with Gasteiger partial charge in [-0.1, -0.05) is 5.92 Å². The van der Waals surface area contributed by atoms with Gasteiger partial charge in [-0.25, -0.2) is 4.39 Å². The molecule has 0 bridgehead atoms. The Morgan fingerprint density at radius 3 is 2.79 bits per heavy atom. The van der Waals surface area contributed by atoms with E-state index in [0.29, 0.717) is 5.56 Å². The predicted molar refractivity (Wildman–Crippen MR) is 51.6 cm³/mol. The van der Waals surface area contributed by atoms with Gasteiger partial charge in [-0.15, -0.1) is 6.42 Å². The molecule has 0 spiro atoms. The number of nitrogens with one attached hydrogen (secondary N) is 1. The Kier molecular flexibility index (Phi) is 2.38. The summed E-state index contributed by atoms with van der Waals surface area (Å²) in [5, 5.41) is 3.04. The van der Waals surface area contributed by atoms with Gasteiger partial charge in [-0.3, -0.25) is 0 Å². The van der Waals surface area contributed by atoms with Gasteiger partial charge in [0.25, 0.3) is 0 Å². The van der Waals surface area contributed by atoms with E-state index < -0.39 is 5.82 Å². The molecule has 0 amide bonds. The number of ether oxygens (including phenoxy) is 1. The Labute approximate surface area is 82.1 Å². The van der Waals surface area contributed by atoms with E-state index in [1.807, 2.05) is 0 Å². The average molecular weight is 191 g/mol. The lowest BCUT2D eigenvalue weighted by atomic mass is 10.2. The fourth-order valence-corrected chi connectivity index (χ4v) is 1.21. The van der Waals surface area contributed by atoms with Crippen LogP contribution in [-0.2, 0) is 0 Å². The highest BCUT2D eigenvalue weighted by Gasteiger charge is 2.19.